The van der Waals surface area contributed by atoms with Crippen molar-refractivity contribution in [1.29, 1.82) is 0 Å². The van der Waals surface area contributed by atoms with Gasteiger partial charge in [0, 0.05) is 5.39 Å². The van der Waals surface area contributed by atoms with Crippen LogP contribution >= 0.6 is 0 Å². The zero-order valence-corrected chi connectivity index (χ0v) is 17.2. The largest absolute Gasteiger partial charge is 0.492 e. The van der Waals surface area contributed by atoms with Gasteiger partial charge < -0.3 is 10.1 Å². The van der Waals surface area contributed by atoms with Crippen LogP contribution in [0.4, 0.5) is 0 Å². The van der Waals surface area contributed by atoms with Crippen molar-refractivity contribution in [2.24, 2.45) is 5.92 Å². The van der Waals surface area contributed by atoms with Crippen molar-refractivity contribution in [3.05, 3.63) is 42.0 Å². The molecule has 28 heavy (non-hydrogen) atoms. The van der Waals surface area contributed by atoms with Gasteiger partial charge in [-0.2, -0.15) is 0 Å². The number of benzene rings is 2. The van der Waals surface area contributed by atoms with E-state index >= 15 is 0 Å². The third-order valence-corrected chi connectivity index (χ3v) is 5.93. The molecule has 0 radical (unpaired) electrons. The van der Waals surface area contributed by atoms with Crippen LogP contribution in [0.3, 0.4) is 0 Å². The van der Waals surface area contributed by atoms with Crippen molar-refractivity contribution in [2.75, 3.05) is 6.61 Å². The number of amides is 1. The highest BCUT2D eigenvalue weighted by atomic mass is 16.5. The van der Waals surface area contributed by atoms with E-state index in [1.165, 1.54) is 39.0 Å². The lowest BCUT2D eigenvalue weighted by atomic mass is 9.87. The molecule has 0 aliphatic heterocycles. The molecule has 1 amide bonds. The van der Waals surface area contributed by atoms with Gasteiger partial charge in [-0.1, -0.05) is 62.4 Å². The fraction of sp³-hybridized carbons (Fsp3) is 0.500. The van der Waals surface area contributed by atoms with Gasteiger partial charge in [-0.3, -0.25) is 9.59 Å². The van der Waals surface area contributed by atoms with Crippen LogP contribution in [0, 0.1) is 5.92 Å². The van der Waals surface area contributed by atoms with Gasteiger partial charge in [0.15, 0.2) is 5.78 Å². The van der Waals surface area contributed by atoms with E-state index in [2.05, 4.69) is 5.32 Å². The van der Waals surface area contributed by atoms with Gasteiger partial charge in [0.05, 0.1) is 17.7 Å². The summed E-state index contributed by atoms with van der Waals surface area (Å²) in [7, 11) is 0. The Hall–Kier alpha value is -2.36. The molecule has 0 spiro atoms. The summed E-state index contributed by atoms with van der Waals surface area (Å²) in [4.78, 5) is 24.8. The first-order chi connectivity index (χ1) is 13.4. The second kappa shape index (κ2) is 8.76. The molecule has 1 fully saturated rings. The maximum Gasteiger partial charge on any atom is 0.255 e. The lowest BCUT2D eigenvalue weighted by molar-refractivity contribution is -0.121. The number of hydrogen-bond donors (Lipinski definition) is 1. The van der Waals surface area contributed by atoms with E-state index < -0.39 is 5.54 Å². The SMILES string of the molecule is CC(=O)C(C)(C)NC(=O)c1ccc2ccccc2c1OCCC1CCCCC1. The predicted octanol–water partition coefficient (Wildman–Crippen LogP) is 5.29. The number of ether oxygens (including phenoxy) is 1. The summed E-state index contributed by atoms with van der Waals surface area (Å²) in [6.45, 7) is 5.53. The van der Waals surface area contributed by atoms with Crippen LogP contribution in [0.2, 0.25) is 0 Å². The van der Waals surface area contributed by atoms with E-state index in [1.54, 1.807) is 19.9 Å². The zero-order chi connectivity index (χ0) is 20.1. The van der Waals surface area contributed by atoms with Crippen LogP contribution in [0.15, 0.2) is 36.4 Å². The molecule has 0 atom stereocenters. The van der Waals surface area contributed by atoms with E-state index in [1.807, 2.05) is 30.3 Å². The molecule has 4 nitrogen and oxygen atoms in total. The van der Waals surface area contributed by atoms with Gasteiger partial charge in [0.25, 0.3) is 5.91 Å². The molecule has 0 unspecified atom stereocenters. The molecule has 0 bridgehead atoms. The Morgan fingerprint density at radius 1 is 1.07 bits per heavy atom. The minimum Gasteiger partial charge on any atom is -0.492 e. The van der Waals surface area contributed by atoms with Gasteiger partial charge in [-0.05, 0) is 44.6 Å². The lowest BCUT2D eigenvalue weighted by Crippen LogP contribution is -2.48. The molecule has 0 saturated heterocycles. The highest BCUT2D eigenvalue weighted by Gasteiger charge is 2.28. The molecule has 1 aliphatic carbocycles. The summed E-state index contributed by atoms with van der Waals surface area (Å²) in [5.41, 5.74) is -0.432. The third-order valence-electron chi connectivity index (χ3n) is 5.93. The van der Waals surface area contributed by atoms with Crippen molar-refractivity contribution in [2.45, 2.75) is 64.8 Å². The summed E-state index contributed by atoms with van der Waals surface area (Å²) in [5.74, 6) is 0.975. The first-order valence-corrected chi connectivity index (χ1v) is 10.4. The van der Waals surface area contributed by atoms with Crippen LogP contribution in [0.5, 0.6) is 5.75 Å². The summed E-state index contributed by atoms with van der Waals surface area (Å²) in [6, 6.07) is 11.7. The number of fused-ring (bicyclic) bond motifs is 1. The number of nitrogens with one attached hydrogen (secondary N) is 1. The van der Waals surface area contributed by atoms with Gasteiger partial charge in [-0.15, -0.1) is 0 Å². The van der Waals surface area contributed by atoms with Crippen molar-refractivity contribution >= 4 is 22.5 Å². The molecular formula is C24H31NO3. The smallest absolute Gasteiger partial charge is 0.255 e. The Balaban J connectivity index is 1.83. The standard InChI is InChI=1S/C24H31NO3/c1-17(26)24(2,3)25-23(27)21-14-13-19-11-7-8-12-20(19)22(21)28-16-15-18-9-5-4-6-10-18/h7-8,11-14,18H,4-6,9-10,15-16H2,1-3H3,(H,25,27). The fourth-order valence-corrected chi connectivity index (χ4v) is 3.82. The molecule has 0 heterocycles. The molecule has 1 N–H and O–H groups in total. The number of Topliss-reactive ketones (excluding diaryl/α,β-unsaturated/α-hetero) is 1. The Kier molecular flexibility index (Phi) is 6.38. The lowest BCUT2D eigenvalue weighted by Gasteiger charge is -2.24. The van der Waals surface area contributed by atoms with Crippen molar-refractivity contribution in [3.63, 3.8) is 0 Å². The summed E-state index contributed by atoms with van der Waals surface area (Å²) in [5, 5.41) is 4.82. The molecule has 2 aromatic carbocycles. The zero-order valence-electron chi connectivity index (χ0n) is 17.2. The minimum absolute atomic E-state index is 0.0820. The number of rotatable bonds is 7. The predicted molar refractivity (Wildman–Crippen MR) is 113 cm³/mol. The first kappa shape index (κ1) is 20.4. The molecule has 150 valence electrons. The summed E-state index contributed by atoms with van der Waals surface area (Å²) < 4.78 is 6.20. The monoisotopic (exact) mass is 381 g/mol. The Labute approximate surface area is 167 Å². The molecule has 4 heteroatoms. The van der Waals surface area contributed by atoms with Gasteiger partial charge in [-0.25, -0.2) is 0 Å². The van der Waals surface area contributed by atoms with Crippen molar-refractivity contribution in [3.8, 4) is 5.75 Å². The third kappa shape index (κ3) is 4.73. The normalized spacial score (nSPS) is 15.4. The quantitative estimate of drug-likeness (QED) is 0.709. The number of ketones is 1. The van der Waals surface area contributed by atoms with Crippen LogP contribution in [0.1, 0.15) is 69.7 Å². The van der Waals surface area contributed by atoms with E-state index in [4.69, 9.17) is 4.74 Å². The van der Waals surface area contributed by atoms with Crippen LogP contribution < -0.4 is 10.1 Å². The van der Waals surface area contributed by atoms with Crippen LogP contribution in [-0.2, 0) is 4.79 Å². The van der Waals surface area contributed by atoms with Crippen LogP contribution in [0.25, 0.3) is 10.8 Å². The van der Waals surface area contributed by atoms with E-state index in [0.29, 0.717) is 17.9 Å². The molecule has 2 aromatic rings. The molecule has 1 aliphatic rings. The average molecular weight is 382 g/mol. The van der Waals surface area contributed by atoms with E-state index in [-0.39, 0.29) is 11.7 Å². The minimum atomic E-state index is -0.915. The van der Waals surface area contributed by atoms with E-state index in [9.17, 15) is 9.59 Å². The number of carbonyl (C=O) groups is 2. The number of carbonyl (C=O) groups excluding carboxylic acids is 2. The molecule has 0 aromatic heterocycles. The van der Waals surface area contributed by atoms with Gasteiger partial charge in [0.1, 0.15) is 5.75 Å². The maximum absolute atomic E-state index is 13.0. The van der Waals surface area contributed by atoms with E-state index in [0.717, 1.165) is 23.1 Å². The first-order valence-electron chi connectivity index (χ1n) is 10.4. The average Bonchev–Trinajstić information content (AvgIpc) is 2.68. The second-order valence-electron chi connectivity index (χ2n) is 8.44. The van der Waals surface area contributed by atoms with Gasteiger partial charge >= 0.3 is 0 Å². The maximum atomic E-state index is 13.0. The second-order valence-corrected chi connectivity index (χ2v) is 8.44. The van der Waals surface area contributed by atoms with Crippen molar-refractivity contribution in [1.82, 2.24) is 5.32 Å². The Morgan fingerprint density at radius 3 is 2.50 bits per heavy atom. The van der Waals surface area contributed by atoms with Gasteiger partial charge in [0.2, 0.25) is 0 Å². The van der Waals surface area contributed by atoms with Crippen molar-refractivity contribution < 1.29 is 14.3 Å². The Bertz CT molecular complexity index is 850. The topological polar surface area (TPSA) is 55.4 Å². The highest BCUT2D eigenvalue weighted by molar-refractivity contribution is 6.05. The summed E-state index contributed by atoms with van der Waals surface area (Å²) >= 11 is 0. The summed E-state index contributed by atoms with van der Waals surface area (Å²) in [6.07, 6.45) is 7.54. The van der Waals surface area contributed by atoms with Crippen LogP contribution in [-0.4, -0.2) is 23.8 Å². The molecular weight excluding hydrogens is 350 g/mol. The molecule has 1 saturated carbocycles. The molecule has 3 rings (SSSR count). The number of hydrogen-bond acceptors (Lipinski definition) is 3. The highest BCUT2D eigenvalue weighted by Crippen LogP contribution is 2.32. The fourth-order valence-electron chi connectivity index (χ4n) is 3.82. The Morgan fingerprint density at radius 2 is 1.79 bits per heavy atom.